The number of carbonyl (C=O) groups is 1. The predicted octanol–water partition coefficient (Wildman–Crippen LogP) is 3.01. The first kappa shape index (κ1) is 14.1. The highest BCUT2D eigenvalue weighted by molar-refractivity contribution is 5.92. The number of rotatable bonds is 4. The number of carboxylic acid groups (broad SMARTS) is 1. The number of hydrogen-bond acceptors (Lipinski definition) is 3. The zero-order valence-electron chi connectivity index (χ0n) is 12.0. The van der Waals surface area contributed by atoms with Crippen LogP contribution in [0, 0.1) is 6.92 Å². The molecule has 1 heterocycles. The molecule has 1 aromatic heterocycles. The maximum absolute atomic E-state index is 11.5. The molecule has 0 aliphatic rings. The minimum absolute atomic E-state index is 0.000248. The molecule has 5 heteroatoms. The Hall–Kier alpha value is -2.30. The van der Waals surface area contributed by atoms with Crippen LogP contribution < -0.4 is 4.74 Å². The fourth-order valence-corrected chi connectivity index (χ4v) is 2.18. The number of aromatic nitrogens is 2. The van der Waals surface area contributed by atoms with Crippen LogP contribution in [-0.4, -0.2) is 28.0 Å². The maximum atomic E-state index is 11.5. The summed E-state index contributed by atoms with van der Waals surface area (Å²) in [6, 6.07) is 7.65. The summed E-state index contributed by atoms with van der Waals surface area (Å²) in [7, 11) is 1.46. The minimum atomic E-state index is -1.02. The van der Waals surface area contributed by atoms with E-state index in [1.165, 1.54) is 7.11 Å². The van der Waals surface area contributed by atoms with Crippen LogP contribution in [0.1, 0.15) is 41.4 Å². The summed E-state index contributed by atoms with van der Waals surface area (Å²) >= 11 is 0. The molecule has 2 aromatic rings. The van der Waals surface area contributed by atoms with Crippen molar-refractivity contribution in [3.63, 3.8) is 0 Å². The SMILES string of the molecule is COc1c(C(=O)O)c(C(C)C)nn1-c1ccccc1C. The Morgan fingerprint density at radius 2 is 2.00 bits per heavy atom. The second-order valence-corrected chi connectivity index (χ2v) is 4.93. The Bertz CT molecular complexity index is 645. The Kier molecular flexibility index (Phi) is 3.79. The van der Waals surface area contributed by atoms with E-state index in [4.69, 9.17) is 4.74 Å². The van der Waals surface area contributed by atoms with Gasteiger partial charge in [-0.3, -0.25) is 0 Å². The van der Waals surface area contributed by atoms with E-state index in [-0.39, 0.29) is 17.4 Å². The third-order valence-electron chi connectivity index (χ3n) is 3.17. The van der Waals surface area contributed by atoms with E-state index in [0.29, 0.717) is 5.69 Å². The van der Waals surface area contributed by atoms with Gasteiger partial charge in [0, 0.05) is 0 Å². The van der Waals surface area contributed by atoms with Crippen LogP contribution in [0.5, 0.6) is 5.88 Å². The first-order chi connectivity index (χ1) is 9.47. The average molecular weight is 274 g/mol. The maximum Gasteiger partial charge on any atom is 0.343 e. The van der Waals surface area contributed by atoms with Crippen molar-refractivity contribution in [1.82, 2.24) is 9.78 Å². The monoisotopic (exact) mass is 274 g/mol. The zero-order chi connectivity index (χ0) is 14.9. The van der Waals surface area contributed by atoms with Crippen molar-refractivity contribution < 1.29 is 14.6 Å². The highest BCUT2D eigenvalue weighted by atomic mass is 16.5. The molecule has 0 saturated carbocycles. The first-order valence-electron chi connectivity index (χ1n) is 6.43. The van der Waals surface area contributed by atoms with Crippen molar-refractivity contribution >= 4 is 5.97 Å². The Morgan fingerprint density at radius 1 is 1.35 bits per heavy atom. The third kappa shape index (κ3) is 2.27. The summed E-state index contributed by atoms with van der Waals surface area (Å²) in [5.41, 5.74) is 2.47. The summed E-state index contributed by atoms with van der Waals surface area (Å²) in [4.78, 5) is 11.5. The summed E-state index contributed by atoms with van der Waals surface area (Å²) in [5.74, 6) is -0.763. The Balaban J connectivity index is 2.75. The fourth-order valence-electron chi connectivity index (χ4n) is 2.18. The number of aromatic carboxylic acids is 1. The number of hydrogen-bond donors (Lipinski definition) is 1. The van der Waals surface area contributed by atoms with Crippen LogP contribution >= 0.6 is 0 Å². The molecule has 0 spiro atoms. The number of aryl methyl sites for hydroxylation is 1. The molecule has 5 nitrogen and oxygen atoms in total. The lowest BCUT2D eigenvalue weighted by molar-refractivity contribution is 0.0691. The van der Waals surface area contributed by atoms with E-state index in [0.717, 1.165) is 11.3 Å². The second-order valence-electron chi connectivity index (χ2n) is 4.93. The van der Waals surface area contributed by atoms with Crippen molar-refractivity contribution in [3.05, 3.63) is 41.1 Å². The molecular formula is C15H18N2O3. The number of ether oxygens (including phenoxy) is 1. The van der Waals surface area contributed by atoms with Crippen LogP contribution in [0.2, 0.25) is 0 Å². The van der Waals surface area contributed by atoms with Gasteiger partial charge in [0.05, 0.1) is 18.5 Å². The lowest BCUT2D eigenvalue weighted by atomic mass is 10.1. The molecule has 0 radical (unpaired) electrons. The van der Waals surface area contributed by atoms with Crippen LogP contribution in [-0.2, 0) is 0 Å². The standard InChI is InChI=1S/C15H18N2O3/c1-9(2)13-12(15(18)19)14(20-4)17(16-13)11-8-6-5-7-10(11)3/h5-9H,1-4H3,(H,18,19). The lowest BCUT2D eigenvalue weighted by Crippen LogP contribution is -2.04. The smallest absolute Gasteiger partial charge is 0.343 e. The summed E-state index contributed by atoms with van der Waals surface area (Å²) in [5, 5.41) is 13.9. The van der Waals surface area contributed by atoms with Gasteiger partial charge in [0.2, 0.25) is 5.88 Å². The van der Waals surface area contributed by atoms with E-state index < -0.39 is 5.97 Å². The molecule has 0 atom stereocenters. The van der Waals surface area contributed by atoms with Crippen LogP contribution in [0.15, 0.2) is 24.3 Å². The first-order valence-corrected chi connectivity index (χ1v) is 6.43. The molecule has 106 valence electrons. The van der Waals surface area contributed by atoms with E-state index in [1.54, 1.807) is 4.68 Å². The van der Waals surface area contributed by atoms with Crippen molar-refractivity contribution in [2.75, 3.05) is 7.11 Å². The number of benzene rings is 1. The summed E-state index contributed by atoms with van der Waals surface area (Å²) in [6.07, 6.45) is 0. The van der Waals surface area contributed by atoms with Gasteiger partial charge in [0.15, 0.2) is 0 Å². The van der Waals surface area contributed by atoms with Crippen LogP contribution in [0.25, 0.3) is 5.69 Å². The van der Waals surface area contributed by atoms with Gasteiger partial charge in [-0.05, 0) is 24.5 Å². The van der Waals surface area contributed by atoms with Gasteiger partial charge in [-0.15, -0.1) is 0 Å². The number of carboxylic acids is 1. The molecule has 0 bridgehead atoms. The normalized spacial score (nSPS) is 10.8. The predicted molar refractivity (Wildman–Crippen MR) is 75.9 cm³/mol. The van der Waals surface area contributed by atoms with Gasteiger partial charge in [-0.2, -0.15) is 9.78 Å². The van der Waals surface area contributed by atoms with E-state index in [2.05, 4.69) is 5.10 Å². The van der Waals surface area contributed by atoms with Gasteiger partial charge in [-0.1, -0.05) is 32.0 Å². The second kappa shape index (κ2) is 5.36. The van der Waals surface area contributed by atoms with Gasteiger partial charge in [0.1, 0.15) is 5.56 Å². The molecule has 1 N–H and O–H groups in total. The van der Waals surface area contributed by atoms with Gasteiger partial charge in [-0.25, -0.2) is 4.79 Å². The fraction of sp³-hybridized carbons (Fsp3) is 0.333. The van der Waals surface area contributed by atoms with Crippen molar-refractivity contribution in [1.29, 1.82) is 0 Å². The Labute approximate surface area is 117 Å². The van der Waals surface area contributed by atoms with Gasteiger partial charge >= 0.3 is 5.97 Å². The van der Waals surface area contributed by atoms with E-state index in [1.807, 2.05) is 45.0 Å². The van der Waals surface area contributed by atoms with Crippen molar-refractivity contribution in [3.8, 4) is 11.6 Å². The van der Waals surface area contributed by atoms with E-state index >= 15 is 0 Å². The summed E-state index contributed by atoms with van der Waals surface area (Å²) in [6.45, 7) is 5.78. The quantitative estimate of drug-likeness (QED) is 0.930. The average Bonchev–Trinajstić information content (AvgIpc) is 2.78. The van der Waals surface area contributed by atoms with Crippen molar-refractivity contribution in [2.24, 2.45) is 0 Å². The topological polar surface area (TPSA) is 64.3 Å². The van der Waals surface area contributed by atoms with Crippen LogP contribution in [0.4, 0.5) is 0 Å². The molecule has 0 amide bonds. The molecule has 2 rings (SSSR count). The molecule has 0 aliphatic carbocycles. The van der Waals surface area contributed by atoms with Gasteiger partial charge < -0.3 is 9.84 Å². The molecule has 20 heavy (non-hydrogen) atoms. The molecule has 0 saturated heterocycles. The summed E-state index contributed by atoms with van der Waals surface area (Å²) < 4.78 is 6.86. The molecule has 0 fully saturated rings. The number of nitrogens with zero attached hydrogens (tertiary/aromatic N) is 2. The Morgan fingerprint density at radius 3 is 2.50 bits per heavy atom. The lowest BCUT2D eigenvalue weighted by Gasteiger charge is -2.09. The largest absolute Gasteiger partial charge is 0.480 e. The minimum Gasteiger partial charge on any atom is -0.480 e. The number of methoxy groups -OCH3 is 1. The van der Waals surface area contributed by atoms with Crippen LogP contribution in [0.3, 0.4) is 0 Å². The molecule has 0 unspecified atom stereocenters. The number of para-hydroxylation sites is 1. The van der Waals surface area contributed by atoms with Crippen molar-refractivity contribution in [2.45, 2.75) is 26.7 Å². The zero-order valence-corrected chi connectivity index (χ0v) is 12.0. The van der Waals surface area contributed by atoms with Gasteiger partial charge in [0.25, 0.3) is 0 Å². The highest BCUT2D eigenvalue weighted by Crippen LogP contribution is 2.31. The molecular weight excluding hydrogens is 256 g/mol. The third-order valence-corrected chi connectivity index (χ3v) is 3.17. The molecule has 1 aromatic carbocycles. The molecule has 0 aliphatic heterocycles. The highest BCUT2D eigenvalue weighted by Gasteiger charge is 2.27. The van der Waals surface area contributed by atoms with E-state index in [9.17, 15) is 9.90 Å².